The summed E-state index contributed by atoms with van der Waals surface area (Å²) in [4.78, 5) is 22.1. The molecule has 1 amide bonds. The Bertz CT molecular complexity index is 216. The van der Waals surface area contributed by atoms with Crippen LogP contribution in [0.4, 0.5) is 0 Å². The van der Waals surface area contributed by atoms with E-state index in [4.69, 9.17) is 5.11 Å². The molecule has 4 heteroatoms. The van der Waals surface area contributed by atoms with E-state index in [-0.39, 0.29) is 24.3 Å². The molecule has 0 saturated heterocycles. The third-order valence-electron chi connectivity index (χ3n) is 2.46. The molecule has 0 spiro atoms. The molecule has 2 atom stereocenters. The highest BCUT2D eigenvalue weighted by Gasteiger charge is 2.17. The maximum absolute atomic E-state index is 11.5. The van der Waals surface area contributed by atoms with Crippen LogP contribution >= 0.6 is 0 Å². The Morgan fingerprint density at radius 3 is 2.33 bits per heavy atom. The minimum Gasteiger partial charge on any atom is -0.481 e. The number of aliphatic carboxylic acids is 1. The van der Waals surface area contributed by atoms with Crippen LogP contribution in [0.25, 0.3) is 0 Å². The van der Waals surface area contributed by atoms with E-state index in [1.807, 2.05) is 20.8 Å². The van der Waals surface area contributed by atoms with Gasteiger partial charge in [0.2, 0.25) is 5.91 Å². The molecule has 0 aromatic heterocycles. The molecule has 0 unspecified atom stereocenters. The highest BCUT2D eigenvalue weighted by Crippen LogP contribution is 2.06. The monoisotopic (exact) mass is 215 g/mol. The average molecular weight is 215 g/mol. The zero-order valence-corrected chi connectivity index (χ0v) is 9.75. The highest BCUT2D eigenvalue weighted by molar-refractivity contribution is 5.79. The van der Waals surface area contributed by atoms with Crippen LogP contribution in [-0.2, 0) is 9.59 Å². The second-order valence-electron chi connectivity index (χ2n) is 3.90. The molecule has 0 aliphatic rings. The predicted molar refractivity (Wildman–Crippen MR) is 58.5 cm³/mol. The van der Waals surface area contributed by atoms with E-state index in [0.29, 0.717) is 6.42 Å². The fourth-order valence-corrected chi connectivity index (χ4v) is 1.31. The second-order valence-corrected chi connectivity index (χ2v) is 3.90. The van der Waals surface area contributed by atoms with Crippen molar-refractivity contribution in [2.45, 2.75) is 52.5 Å². The summed E-state index contributed by atoms with van der Waals surface area (Å²) in [7, 11) is 0. The van der Waals surface area contributed by atoms with Crippen molar-refractivity contribution in [2.24, 2.45) is 5.92 Å². The molecule has 0 aromatic carbocycles. The zero-order chi connectivity index (χ0) is 11.8. The van der Waals surface area contributed by atoms with E-state index in [1.165, 1.54) is 0 Å². The van der Waals surface area contributed by atoms with E-state index in [0.717, 1.165) is 12.8 Å². The molecule has 0 fully saturated rings. The average Bonchev–Trinajstić information content (AvgIpc) is 2.15. The van der Waals surface area contributed by atoms with Crippen LogP contribution in [-0.4, -0.2) is 23.0 Å². The van der Waals surface area contributed by atoms with Gasteiger partial charge in [0, 0.05) is 12.0 Å². The third kappa shape index (κ3) is 6.10. The summed E-state index contributed by atoms with van der Waals surface area (Å²) in [6.07, 6.45) is 2.38. The maximum atomic E-state index is 11.5. The lowest BCUT2D eigenvalue weighted by Gasteiger charge is -2.18. The first-order valence-corrected chi connectivity index (χ1v) is 5.53. The molecule has 0 rings (SSSR count). The fraction of sp³-hybridized carbons (Fsp3) is 0.818. The highest BCUT2D eigenvalue weighted by atomic mass is 16.4. The Balaban J connectivity index is 4.14. The van der Waals surface area contributed by atoms with Crippen LogP contribution in [0.2, 0.25) is 0 Å². The van der Waals surface area contributed by atoms with Crippen molar-refractivity contribution in [3.8, 4) is 0 Å². The summed E-state index contributed by atoms with van der Waals surface area (Å²) in [5.74, 6) is -0.951. The topological polar surface area (TPSA) is 66.4 Å². The van der Waals surface area contributed by atoms with E-state index in [1.54, 1.807) is 0 Å². The van der Waals surface area contributed by atoms with Crippen LogP contribution in [0.3, 0.4) is 0 Å². The molecule has 2 N–H and O–H groups in total. The number of hydrogen-bond donors (Lipinski definition) is 2. The van der Waals surface area contributed by atoms with Gasteiger partial charge < -0.3 is 10.4 Å². The second kappa shape index (κ2) is 7.26. The Kier molecular flexibility index (Phi) is 6.75. The number of carboxylic acid groups (broad SMARTS) is 1. The van der Waals surface area contributed by atoms with Gasteiger partial charge in [0.25, 0.3) is 0 Å². The summed E-state index contributed by atoms with van der Waals surface area (Å²) in [5.41, 5.74) is 0. The van der Waals surface area contributed by atoms with Crippen LogP contribution in [0.15, 0.2) is 0 Å². The molecule has 0 aliphatic carbocycles. The Morgan fingerprint density at radius 2 is 1.93 bits per heavy atom. The van der Waals surface area contributed by atoms with E-state index in [2.05, 4.69) is 5.32 Å². The van der Waals surface area contributed by atoms with Gasteiger partial charge in [-0.05, 0) is 12.8 Å². The Labute approximate surface area is 91.1 Å². The Hall–Kier alpha value is -1.06. The van der Waals surface area contributed by atoms with Crippen molar-refractivity contribution in [2.75, 3.05) is 0 Å². The molecule has 0 aromatic rings. The van der Waals surface area contributed by atoms with Crippen LogP contribution in [0.1, 0.15) is 46.5 Å². The minimum absolute atomic E-state index is 0.00993. The summed E-state index contributed by atoms with van der Waals surface area (Å²) >= 11 is 0. The van der Waals surface area contributed by atoms with E-state index < -0.39 is 5.97 Å². The maximum Gasteiger partial charge on any atom is 0.305 e. The van der Waals surface area contributed by atoms with Crippen molar-refractivity contribution >= 4 is 11.9 Å². The number of hydrogen-bond acceptors (Lipinski definition) is 2. The van der Waals surface area contributed by atoms with Crippen molar-refractivity contribution in [1.82, 2.24) is 5.32 Å². The van der Waals surface area contributed by atoms with Gasteiger partial charge in [-0.25, -0.2) is 0 Å². The van der Waals surface area contributed by atoms with Gasteiger partial charge in [-0.3, -0.25) is 9.59 Å². The fourth-order valence-electron chi connectivity index (χ4n) is 1.31. The number of nitrogens with one attached hydrogen (secondary N) is 1. The standard InChI is InChI=1S/C11H21NO3/c1-4-6-9(7-10(13)14)12-11(15)8(3)5-2/h8-9H,4-7H2,1-3H3,(H,12,15)(H,13,14)/t8-,9-/m0/s1. The molecular weight excluding hydrogens is 194 g/mol. The molecule has 4 nitrogen and oxygen atoms in total. The van der Waals surface area contributed by atoms with Crippen molar-refractivity contribution < 1.29 is 14.7 Å². The summed E-state index contributed by atoms with van der Waals surface area (Å²) in [5, 5.41) is 11.4. The SMILES string of the molecule is CCC[C@@H](CC(=O)O)NC(=O)[C@@H](C)CC. The molecule has 88 valence electrons. The van der Waals surface area contributed by atoms with Crippen molar-refractivity contribution in [3.05, 3.63) is 0 Å². The molecule has 0 bridgehead atoms. The van der Waals surface area contributed by atoms with Gasteiger partial charge in [-0.15, -0.1) is 0 Å². The van der Waals surface area contributed by atoms with Crippen LogP contribution in [0, 0.1) is 5.92 Å². The largest absolute Gasteiger partial charge is 0.481 e. The van der Waals surface area contributed by atoms with E-state index >= 15 is 0 Å². The minimum atomic E-state index is -0.863. The first-order valence-electron chi connectivity index (χ1n) is 5.53. The van der Waals surface area contributed by atoms with Crippen LogP contribution in [0.5, 0.6) is 0 Å². The molecule has 0 aliphatic heterocycles. The summed E-state index contributed by atoms with van der Waals surface area (Å²) in [6, 6.07) is -0.228. The lowest BCUT2D eigenvalue weighted by Crippen LogP contribution is -2.39. The number of carboxylic acids is 1. The third-order valence-corrected chi connectivity index (χ3v) is 2.46. The molecular formula is C11H21NO3. The van der Waals surface area contributed by atoms with Crippen molar-refractivity contribution in [1.29, 1.82) is 0 Å². The number of amides is 1. The number of rotatable bonds is 7. The van der Waals surface area contributed by atoms with Crippen LogP contribution < -0.4 is 5.32 Å². The lowest BCUT2D eigenvalue weighted by molar-refractivity contribution is -0.137. The molecule has 0 saturated carbocycles. The number of carbonyl (C=O) groups excluding carboxylic acids is 1. The van der Waals surface area contributed by atoms with Gasteiger partial charge in [0.1, 0.15) is 0 Å². The van der Waals surface area contributed by atoms with Gasteiger partial charge in [0.05, 0.1) is 6.42 Å². The molecule has 0 radical (unpaired) electrons. The van der Waals surface area contributed by atoms with Gasteiger partial charge >= 0.3 is 5.97 Å². The number of carbonyl (C=O) groups is 2. The van der Waals surface area contributed by atoms with Gasteiger partial charge in [-0.2, -0.15) is 0 Å². The van der Waals surface area contributed by atoms with Gasteiger partial charge in [-0.1, -0.05) is 27.2 Å². The zero-order valence-electron chi connectivity index (χ0n) is 9.75. The smallest absolute Gasteiger partial charge is 0.305 e. The van der Waals surface area contributed by atoms with E-state index in [9.17, 15) is 9.59 Å². The van der Waals surface area contributed by atoms with Crippen molar-refractivity contribution in [3.63, 3.8) is 0 Å². The quantitative estimate of drug-likeness (QED) is 0.680. The molecule has 0 heterocycles. The normalized spacial score (nSPS) is 14.3. The van der Waals surface area contributed by atoms with Gasteiger partial charge in [0.15, 0.2) is 0 Å². The summed E-state index contributed by atoms with van der Waals surface area (Å²) in [6.45, 7) is 5.76. The first-order chi connectivity index (χ1) is 7.01. The summed E-state index contributed by atoms with van der Waals surface area (Å²) < 4.78 is 0. The predicted octanol–water partition coefficient (Wildman–Crippen LogP) is 1.79. The lowest BCUT2D eigenvalue weighted by atomic mass is 10.0. The molecule has 15 heavy (non-hydrogen) atoms. The Morgan fingerprint density at radius 1 is 1.33 bits per heavy atom. The first kappa shape index (κ1) is 13.9.